The van der Waals surface area contributed by atoms with Gasteiger partial charge in [0.15, 0.2) is 5.11 Å². The molecule has 0 aromatic heterocycles. The second kappa shape index (κ2) is 7.20. The lowest BCUT2D eigenvalue weighted by atomic mass is 10.1. The molecule has 2 N–H and O–H groups in total. The first-order chi connectivity index (χ1) is 9.58. The molecule has 5 heteroatoms. The molecule has 0 unspecified atom stereocenters. The van der Waals surface area contributed by atoms with Gasteiger partial charge in [-0.05, 0) is 70.5 Å². The van der Waals surface area contributed by atoms with Crippen LogP contribution < -0.4 is 10.6 Å². The topological polar surface area (TPSA) is 24.1 Å². The number of rotatable bonds is 3. The molecular formula is C15H14Br2N2S. The summed E-state index contributed by atoms with van der Waals surface area (Å²) in [6.45, 7) is 2.14. The van der Waals surface area contributed by atoms with Gasteiger partial charge in [-0.1, -0.05) is 35.0 Å². The van der Waals surface area contributed by atoms with Crippen LogP contribution in [0, 0.1) is 0 Å². The third kappa shape index (κ3) is 4.30. The van der Waals surface area contributed by atoms with Crippen LogP contribution in [-0.4, -0.2) is 5.11 Å². The monoisotopic (exact) mass is 412 g/mol. The smallest absolute Gasteiger partial charge is 0.175 e. The first-order valence-electron chi connectivity index (χ1n) is 6.20. The second-order valence-corrected chi connectivity index (χ2v) is 6.43. The number of halogens is 2. The van der Waals surface area contributed by atoms with Crippen LogP contribution in [0.5, 0.6) is 0 Å². The van der Waals surface area contributed by atoms with Gasteiger partial charge < -0.3 is 10.6 Å². The van der Waals surface area contributed by atoms with Crippen LogP contribution in [0.25, 0.3) is 0 Å². The Morgan fingerprint density at radius 1 is 1.05 bits per heavy atom. The van der Waals surface area contributed by atoms with E-state index in [4.69, 9.17) is 12.2 Å². The molecule has 0 aliphatic rings. The van der Waals surface area contributed by atoms with Gasteiger partial charge in [-0.15, -0.1) is 0 Å². The van der Waals surface area contributed by atoms with Crippen molar-refractivity contribution in [2.24, 2.45) is 0 Å². The highest BCUT2D eigenvalue weighted by atomic mass is 79.9. The Labute approximate surface area is 141 Å². The van der Waals surface area contributed by atoms with Crippen molar-refractivity contribution in [1.82, 2.24) is 0 Å². The van der Waals surface area contributed by atoms with Gasteiger partial charge in [0.2, 0.25) is 0 Å². The van der Waals surface area contributed by atoms with Gasteiger partial charge >= 0.3 is 0 Å². The summed E-state index contributed by atoms with van der Waals surface area (Å²) in [6.07, 6.45) is 1.04. The molecule has 0 saturated heterocycles. The van der Waals surface area contributed by atoms with Gasteiger partial charge in [-0.3, -0.25) is 0 Å². The Hall–Kier alpha value is -0.910. The van der Waals surface area contributed by atoms with Gasteiger partial charge in [0.1, 0.15) is 0 Å². The van der Waals surface area contributed by atoms with E-state index in [-0.39, 0.29) is 0 Å². The molecule has 20 heavy (non-hydrogen) atoms. The zero-order valence-corrected chi connectivity index (χ0v) is 14.9. The third-order valence-electron chi connectivity index (χ3n) is 2.80. The number of hydrogen-bond donors (Lipinski definition) is 2. The molecule has 0 spiro atoms. The minimum absolute atomic E-state index is 0.567. The minimum atomic E-state index is 0.567. The quantitative estimate of drug-likeness (QED) is 0.642. The van der Waals surface area contributed by atoms with E-state index in [9.17, 15) is 0 Å². The van der Waals surface area contributed by atoms with Gasteiger partial charge in [0.05, 0.1) is 5.69 Å². The van der Waals surface area contributed by atoms with Crippen LogP contribution in [0.2, 0.25) is 0 Å². The number of anilines is 2. The molecule has 2 nitrogen and oxygen atoms in total. The van der Waals surface area contributed by atoms with Gasteiger partial charge in [-0.2, -0.15) is 0 Å². The van der Waals surface area contributed by atoms with Crippen molar-refractivity contribution in [1.29, 1.82) is 0 Å². The van der Waals surface area contributed by atoms with E-state index in [2.05, 4.69) is 61.5 Å². The van der Waals surface area contributed by atoms with Crippen LogP contribution in [0.15, 0.2) is 51.4 Å². The highest BCUT2D eigenvalue weighted by Gasteiger charge is 2.03. The average molecular weight is 414 g/mol. The maximum Gasteiger partial charge on any atom is 0.175 e. The molecule has 0 radical (unpaired) electrons. The van der Waals surface area contributed by atoms with Crippen molar-refractivity contribution in [3.05, 3.63) is 57.0 Å². The van der Waals surface area contributed by atoms with Crippen LogP contribution in [0.3, 0.4) is 0 Å². The van der Waals surface area contributed by atoms with Crippen LogP contribution in [-0.2, 0) is 6.42 Å². The summed E-state index contributed by atoms with van der Waals surface area (Å²) in [5, 5.41) is 6.91. The molecular weight excluding hydrogens is 400 g/mol. The van der Waals surface area contributed by atoms with Gasteiger partial charge in [0, 0.05) is 14.6 Å². The molecule has 0 atom stereocenters. The van der Waals surface area contributed by atoms with E-state index in [1.165, 1.54) is 5.56 Å². The van der Waals surface area contributed by atoms with E-state index < -0.39 is 0 Å². The standard InChI is InChI=1S/C15H14Br2N2S/c1-2-10-3-6-12(7-4-10)18-15(20)19-14-8-5-11(16)9-13(14)17/h3-9H,2H2,1H3,(H2,18,19,20). The van der Waals surface area contributed by atoms with E-state index in [1.54, 1.807) is 0 Å². The molecule has 0 aliphatic carbocycles. The number of thiocarbonyl (C=S) groups is 1. The lowest BCUT2D eigenvalue weighted by Gasteiger charge is -2.12. The zero-order valence-electron chi connectivity index (χ0n) is 10.9. The first-order valence-corrected chi connectivity index (χ1v) is 8.20. The summed E-state index contributed by atoms with van der Waals surface area (Å²) in [5.41, 5.74) is 3.22. The molecule has 0 saturated carbocycles. The molecule has 2 aromatic rings. The second-order valence-electron chi connectivity index (χ2n) is 4.25. The van der Waals surface area contributed by atoms with Gasteiger partial charge in [0.25, 0.3) is 0 Å². The summed E-state index contributed by atoms with van der Waals surface area (Å²) in [4.78, 5) is 0. The SMILES string of the molecule is CCc1ccc(NC(=S)Nc2ccc(Br)cc2Br)cc1. The number of benzene rings is 2. The fourth-order valence-corrected chi connectivity index (χ4v) is 3.07. The maximum atomic E-state index is 5.32. The highest BCUT2D eigenvalue weighted by molar-refractivity contribution is 9.11. The molecule has 2 aromatic carbocycles. The fourth-order valence-electron chi connectivity index (χ4n) is 1.70. The van der Waals surface area contributed by atoms with E-state index in [0.717, 1.165) is 26.7 Å². The normalized spacial score (nSPS) is 10.2. The number of hydrogen-bond acceptors (Lipinski definition) is 1. The average Bonchev–Trinajstić information content (AvgIpc) is 2.43. The van der Waals surface area contributed by atoms with E-state index in [0.29, 0.717) is 5.11 Å². The number of nitrogens with one attached hydrogen (secondary N) is 2. The van der Waals surface area contributed by atoms with Crippen molar-refractivity contribution in [2.75, 3.05) is 10.6 Å². The van der Waals surface area contributed by atoms with Gasteiger partial charge in [-0.25, -0.2) is 0 Å². The summed E-state index contributed by atoms with van der Waals surface area (Å²) in [5.74, 6) is 0. The fraction of sp³-hybridized carbons (Fsp3) is 0.133. The Kier molecular flexibility index (Phi) is 5.57. The van der Waals surface area contributed by atoms with Crippen molar-refractivity contribution in [2.45, 2.75) is 13.3 Å². The highest BCUT2D eigenvalue weighted by Crippen LogP contribution is 2.26. The zero-order chi connectivity index (χ0) is 14.5. The van der Waals surface area contributed by atoms with Crippen molar-refractivity contribution >= 4 is 60.6 Å². The summed E-state index contributed by atoms with van der Waals surface area (Å²) < 4.78 is 1.97. The molecule has 104 valence electrons. The number of aryl methyl sites for hydroxylation is 1. The predicted molar refractivity (Wildman–Crippen MR) is 97.5 cm³/mol. The lowest BCUT2D eigenvalue weighted by Crippen LogP contribution is -2.19. The third-order valence-corrected chi connectivity index (χ3v) is 4.15. The van der Waals surface area contributed by atoms with Crippen molar-refractivity contribution < 1.29 is 0 Å². The maximum absolute atomic E-state index is 5.32. The molecule has 0 amide bonds. The molecule has 0 heterocycles. The Morgan fingerprint density at radius 2 is 1.75 bits per heavy atom. The molecule has 0 fully saturated rings. The van der Waals surface area contributed by atoms with E-state index in [1.807, 2.05) is 30.3 Å². The largest absolute Gasteiger partial charge is 0.332 e. The summed E-state index contributed by atoms with van der Waals surface area (Å²) >= 11 is 12.2. The first kappa shape index (κ1) is 15.5. The van der Waals surface area contributed by atoms with Crippen molar-refractivity contribution in [3.63, 3.8) is 0 Å². The minimum Gasteiger partial charge on any atom is -0.332 e. The molecule has 2 rings (SSSR count). The Bertz CT molecular complexity index is 612. The van der Waals surface area contributed by atoms with E-state index >= 15 is 0 Å². The van der Waals surface area contributed by atoms with Crippen molar-refractivity contribution in [3.8, 4) is 0 Å². The van der Waals surface area contributed by atoms with Crippen LogP contribution in [0.4, 0.5) is 11.4 Å². The summed E-state index contributed by atoms with van der Waals surface area (Å²) in [6, 6.07) is 14.2. The Balaban J connectivity index is 2.01. The Morgan fingerprint density at radius 3 is 2.35 bits per heavy atom. The van der Waals surface area contributed by atoms with Crippen LogP contribution in [0.1, 0.15) is 12.5 Å². The summed E-state index contributed by atoms with van der Waals surface area (Å²) in [7, 11) is 0. The molecule has 0 bridgehead atoms. The molecule has 0 aliphatic heterocycles. The lowest BCUT2D eigenvalue weighted by molar-refractivity contribution is 1.14. The predicted octanol–water partition coefficient (Wildman–Crippen LogP) is 5.58. The van der Waals surface area contributed by atoms with Crippen LogP contribution >= 0.6 is 44.1 Å².